The van der Waals surface area contributed by atoms with E-state index in [-0.39, 0.29) is 5.91 Å². The molecule has 0 aliphatic heterocycles. The maximum atomic E-state index is 11.7. The average Bonchev–Trinajstić information content (AvgIpc) is 3.15. The number of anilines is 1. The Morgan fingerprint density at radius 2 is 2.43 bits per heavy atom. The summed E-state index contributed by atoms with van der Waals surface area (Å²) in [7, 11) is 1.64. The first-order valence-electron chi connectivity index (χ1n) is 6.26. The summed E-state index contributed by atoms with van der Waals surface area (Å²) in [6, 6.07) is 3.60. The Morgan fingerprint density at radius 3 is 3.19 bits per heavy atom. The highest BCUT2D eigenvalue weighted by molar-refractivity contribution is 8.01. The normalized spacial score (nSPS) is 10.5. The van der Waals surface area contributed by atoms with Crippen LogP contribution >= 0.6 is 23.1 Å². The van der Waals surface area contributed by atoms with Gasteiger partial charge in [-0.15, -0.1) is 10.2 Å². The Hall–Kier alpha value is -1.58. The van der Waals surface area contributed by atoms with Gasteiger partial charge >= 0.3 is 0 Å². The van der Waals surface area contributed by atoms with Crippen molar-refractivity contribution in [3.8, 4) is 0 Å². The monoisotopic (exact) mass is 328 g/mol. The smallest absolute Gasteiger partial charge is 0.230 e. The average molecular weight is 328 g/mol. The molecule has 0 spiro atoms. The van der Waals surface area contributed by atoms with Gasteiger partial charge in [-0.25, -0.2) is 0 Å². The number of nitrogens with one attached hydrogen (secondary N) is 2. The second kappa shape index (κ2) is 8.65. The Labute approximate surface area is 130 Å². The first kappa shape index (κ1) is 15.8. The molecule has 0 aliphatic rings. The van der Waals surface area contributed by atoms with Crippen molar-refractivity contribution < 1.29 is 13.9 Å². The number of furan rings is 1. The Kier molecular flexibility index (Phi) is 6.51. The van der Waals surface area contributed by atoms with Gasteiger partial charge < -0.3 is 19.8 Å². The van der Waals surface area contributed by atoms with Crippen LogP contribution in [0.3, 0.4) is 0 Å². The molecule has 0 unspecified atom stereocenters. The second-order valence-electron chi connectivity index (χ2n) is 3.94. The molecule has 2 rings (SSSR count). The molecule has 7 nitrogen and oxygen atoms in total. The number of thioether (sulfide) groups is 1. The van der Waals surface area contributed by atoms with Gasteiger partial charge in [-0.2, -0.15) is 0 Å². The lowest BCUT2D eigenvalue weighted by Crippen LogP contribution is -2.24. The first-order valence-corrected chi connectivity index (χ1v) is 8.06. The van der Waals surface area contributed by atoms with E-state index in [1.807, 2.05) is 6.07 Å². The van der Waals surface area contributed by atoms with Crippen molar-refractivity contribution in [2.75, 3.05) is 31.3 Å². The molecule has 2 heterocycles. The lowest BCUT2D eigenvalue weighted by atomic mass is 10.4. The van der Waals surface area contributed by atoms with E-state index in [1.54, 1.807) is 19.4 Å². The van der Waals surface area contributed by atoms with Gasteiger partial charge in [0.1, 0.15) is 5.76 Å². The van der Waals surface area contributed by atoms with Crippen LogP contribution in [-0.4, -0.2) is 42.1 Å². The SMILES string of the molecule is COCCNc1nnc(SCC(=O)NCc2ccco2)s1. The van der Waals surface area contributed by atoms with Crippen LogP contribution < -0.4 is 10.6 Å². The highest BCUT2D eigenvalue weighted by Gasteiger charge is 2.08. The minimum absolute atomic E-state index is 0.0690. The molecule has 21 heavy (non-hydrogen) atoms. The highest BCUT2D eigenvalue weighted by atomic mass is 32.2. The molecule has 2 N–H and O–H groups in total. The molecule has 114 valence electrons. The number of nitrogens with zero attached hydrogens (tertiary/aromatic N) is 2. The number of hydrogen-bond acceptors (Lipinski definition) is 8. The molecule has 0 radical (unpaired) electrons. The van der Waals surface area contributed by atoms with Crippen LogP contribution in [0, 0.1) is 0 Å². The van der Waals surface area contributed by atoms with Crippen molar-refractivity contribution in [2.24, 2.45) is 0 Å². The van der Waals surface area contributed by atoms with Crippen molar-refractivity contribution in [3.05, 3.63) is 24.2 Å². The van der Waals surface area contributed by atoms with Crippen LogP contribution in [0.4, 0.5) is 5.13 Å². The van der Waals surface area contributed by atoms with Crippen molar-refractivity contribution in [1.82, 2.24) is 15.5 Å². The molecule has 2 aromatic heterocycles. The van der Waals surface area contributed by atoms with Crippen LogP contribution in [0.1, 0.15) is 5.76 Å². The minimum Gasteiger partial charge on any atom is -0.467 e. The fourth-order valence-corrected chi connectivity index (χ4v) is 2.98. The minimum atomic E-state index is -0.0690. The molecule has 1 amide bonds. The van der Waals surface area contributed by atoms with Gasteiger partial charge in [-0.1, -0.05) is 23.1 Å². The molecule has 0 saturated carbocycles. The maximum absolute atomic E-state index is 11.7. The van der Waals surface area contributed by atoms with Crippen LogP contribution in [0.5, 0.6) is 0 Å². The van der Waals surface area contributed by atoms with E-state index < -0.39 is 0 Å². The van der Waals surface area contributed by atoms with Crippen molar-refractivity contribution in [3.63, 3.8) is 0 Å². The van der Waals surface area contributed by atoms with Crippen LogP contribution in [0.15, 0.2) is 27.2 Å². The lowest BCUT2D eigenvalue weighted by molar-refractivity contribution is -0.118. The first-order chi connectivity index (χ1) is 10.3. The number of hydrogen-bond donors (Lipinski definition) is 2. The van der Waals surface area contributed by atoms with Gasteiger partial charge in [0.15, 0.2) is 4.34 Å². The molecule has 0 fully saturated rings. The highest BCUT2D eigenvalue weighted by Crippen LogP contribution is 2.24. The zero-order valence-electron chi connectivity index (χ0n) is 11.5. The van der Waals surface area contributed by atoms with E-state index in [4.69, 9.17) is 9.15 Å². The summed E-state index contributed by atoms with van der Waals surface area (Å²) in [5, 5.41) is 14.6. The standard InChI is InChI=1S/C12H16N4O3S2/c1-18-6-4-13-11-15-16-12(21-11)20-8-10(17)14-7-9-3-2-5-19-9/h2-3,5H,4,6-8H2,1H3,(H,13,15)(H,14,17). The molecule has 0 saturated heterocycles. The van der Waals surface area contributed by atoms with E-state index in [9.17, 15) is 4.79 Å². The molecule has 2 aromatic rings. The van der Waals surface area contributed by atoms with E-state index in [0.717, 1.165) is 15.2 Å². The van der Waals surface area contributed by atoms with Crippen LogP contribution in [0.2, 0.25) is 0 Å². The largest absolute Gasteiger partial charge is 0.467 e. The predicted molar refractivity (Wildman–Crippen MR) is 81.6 cm³/mol. The Bertz CT molecular complexity index is 544. The molecule has 0 aliphatic carbocycles. The van der Waals surface area contributed by atoms with Gasteiger partial charge in [0.2, 0.25) is 11.0 Å². The maximum Gasteiger partial charge on any atom is 0.230 e. The zero-order chi connectivity index (χ0) is 14.9. The Balaban J connectivity index is 1.66. The number of rotatable bonds is 9. The molecule has 0 atom stereocenters. The summed E-state index contributed by atoms with van der Waals surface area (Å²) >= 11 is 2.77. The third kappa shape index (κ3) is 5.74. The molecule has 9 heteroatoms. The number of ether oxygens (including phenoxy) is 1. The van der Waals surface area contributed by atoms with Gasteiger partial charge in [0.25, 0.3) is 0 Å². The van der Waals surface area contributed by atoms with Crippen molar-refractivity contribution >= 4 is 34.1 Å². The van der Waals surface area contributed by atoms with Gasteiger partial charge in [0.05, 0.1) is 25.2 Å². The van der Waals surface area contributed by atoms with Crippen molar-refractivity contribution in [2.45, 2.75) is 10.9 Å². The summed E-state index contributed by atoms with van der Waals surface area (Å²) < 4.78 is 10.8. The van der Waals surface area contributed by atoms with Crippen molar-refractivity contribution in [1.29, 1.82) is 0 Å². The van der Waals surface area contributed by atoms with Crippen LogP contribution in [0.25, 0.3) is 0 Å². The van der Waals surface area contributed by atoms with Gasteiger partial charge in [-0.05, 0) is 12.1 Å². The molecular weight excluding hydrogens is 312 g/mol. The van der Waals surface area contributed by atoms with E-state index >= 15 is 0 Å². The zero-order valence-corrected chi connectivity index (χ0v) is 13.1. The fourth-order valence-electron chi connectivity index (χ4n) is 1.38. The predicted octanol–water partition coefficient (Wildman–Crippen LogP) is 1.60. The number of carbonyl (C=O) groups excluding carboxylic acids is 1. The lowest BCUT2D eigenvalue weighted by Gasteiger charge is -2.01. The number of carbonyl (C=O) groups is 1. The van der Waals surface area contributed by atoms with Gasteiger partial charge in [-0.3, -0.25) is 4.79 Å². The third-order valence-corrected chi connectivity index (χ3v) is 4.37. The molecule has 0 aromatic carbocycles. The van der Waals surface area contributed by atoms with Crippen LogP contribution in [-0.2, 0) is 16.1 Å². The van der Waals surface area contributed by atoms with E-state index in [2.05, 4.69) is 20.8 Å². The number of methoxy groups -OCH3 is 1. The summed E-state index contributed by atoms with van der Waals surface area (Å²) in [5.41, 5.74) is 0. The topological polar surface area (TPSA) is 89.3 Å². The van der Waals surface area contributed by atoms with Gasteiger partial charge in [0, 0.05) is 13.7 Å². The summed E-state index contributed by atoms with van der Waals surface area (Å²) in [5.74, 6) is 0.960. The molecule has 0 bridgehead atoms. The summed E-state index contributed by atoms with van der Waals surface area (Å²) in [6.45, 7) is 1.68. The van der Waals surface area contributed by atoms with E-state index in [1.165, 1.54) is 23.1 Å². The fraction of sp³-hybridized carbons (Fsp3) is 0.417. The third-order valence-electron chi connectivity index (χ3n) is 2.36. The number of amides is 1. The second-order valence-corrected chi connectivity index (χ2v) is 6.14. The molecular formula is C12H16N4O3S2. The quantitative estimate of drug-likeness (QED) is 0.534. The number of aromatic nitrogens is 2. The Morgan fingerprint density at radius 1 is 1.52 bits per heavy atom. The van der Waals surface area contributed by atoms with E-state index in [0.29, 0.717) is 25.4 Å². The summed E-state index contributed by atoms with van der Waals surface area (Å²) in [6.07, 6.45) is 1.58. The summed E-state index contributed by atoms with van der Waals surface area (Å²) in [4.78, 5) is 11.7.